The molecule has 0 saturated heterocycles. The Morgan fingerprint density at radius 3 is 2.71 bits per heavy atom. The van der Waals surface area contributed by atoms with Gasteiger partial charge in [-0.15, -0.1) is 0 Å². The first-order chi connectivity index (χ1) is 11.6. The zero-order valence-electron chi connectivity index (χ0n) is 14.3. The van der Waals surface area contributed by atoms with E-state index in [1.807, 2.05) is 18.2 Å². The summed E-state index contributed by atoms with van der Waals surface area (Å²) in [5.41, 5.74) is 0.826. The minimum Gasteiger partial charge on any atom is -0.497 e. The Balaban J connectivity index is 1.72. The number of benzene rings is 1. The number of hydrogen-bond donors (Lipinski definition) is 1. The molecule has 0 heterocycles. The lowest BCUT2D eigenvalue weighted by Gasteiger charge is -2.26. The van der Waals surface area contributed by atoms with Crippen molar-refractivity contribution in [2.75, 3.05) is 13.7 Å². The lowest BCUT2D eigenvalue weighted by atomic mass is 9.87. The van der Waals surface area contributed by atoms with Crippen molar-refractivity contribution in [3.05, 3.63) is 35.9 Å². The number of nitrogens with one attached hydrogen (secondary N) is 1. The molecule has 5 heteroatoms. The summed E-state index contributed by atoms with van der Waals surface area (Å²) >= 11 is 0. The Bertz CT molecular complexity index is 589. The van der Waals surface area contributed by atoms with Gasteiger partial charge < -0.3 is 14.8 Å². The molecule has 1 amide bonds. The maximum Gasteiger partial charge on any atom is 0.331 e. The summed E-state index contributed by atoms with van der Waals surface area (Å²) in [4.78, 5) is 23.5. The lowest BCUT2D eigenvalue weighted by molar-refractivity contribution is -0.144. The van der Waals surface area contributed by atoms with Crippen molar-refractivity contribution in [1.82, 2.24) is 5.32 Å². The van der Waals surface area contributed by atoms with Gasteiger partial charge in [-0.05, 0) is 55.4 Å². The largest absolute Gasteiger partial charge is 0.497 e. The van der Waals surface area contributed by atoms with Gasteiger partial charge in [0.2, 0.25) is 0 Å². The third-order valence-electron chi connectivity index (χ3n) is 4.23. The molecule has 1 aromatic rings. The van der Waals surface area contributed by atoms with Gasteiger partial charge in [-0.1, -0.05) is 19.1 Å². The molecule has 0 atom stereocenters. The van der Waals surface area contributed by atoms with Gasteiger partial charge in [0.15, 0.2) is 6.61 Å². The van der Waals surface area contributed by atoms with Crippen LogP contribution < -0.4 is 10.1 Å². The molecule has 130 valence electrons. The van der Waals surface area contributed by atoms with E-state index in [-0.39, 0.29) is 18.6 Å². The van der Waals surface area contributed by atoms with Crippen molar-refractivity contribution in [2.24, 2.45) is 5.92 Å². The molecule has 1 aliphatic carbocycles. The molecule has 0 aromatic heterocycles. The molecule has 1 saturated carbocycles. The number of methoxy groups -OCH3 is 1. The van der Waals surface area contributed by atoms with Gasteiger partial charge in [-0.2, -0.15) is 0 Å². The first kappa shape index (κ1) is 18.0. The third-order valence-corrected chi connectivity index (χ3v) is 4.23. The molecule has 2 rings (SSSR count). The Kier molecular flexibility index (Phi) is 6.85. The lowest BCUT2D eigenvalue weighted by Crippen LogP contribution is -2.39. The first-order valence-electron chi connectivity index (χ1n) is 8.35. The maximum atomic E-state index is 11.8. The van der Waals surface area contributed by atoms with Crippen LogP contribution in [0.15, 0.2) is 30.3 Å². The number of amides is 1. The predicted molar refractivity (Wildman–Crippen MR) is 92.5 cm³/mol. The molecule has 5 nitrogen and oxygen atoms in total. The third kappa shape index (κ3) is 6.07. The number of esters is 1. The maximum absolute atomic E-state index is 11.8. The fraction of sp³-hybridized carbons (Fsp3) is 0.474. The van der Waals surface area contributed by atoms with Crippen molar-refractivity contribution in [1.29, 1.82) is 0 Å². The van der Waals surface area contributed by atoms with Crippen LogP contribution in [-0.4, -0.2) is 31.6 Å². The highest BCUT2D eigenvalue weighted by Gasteiger charge is 2.19. The summed E-state index contributed by atoms with van der Waals surface area (Å²) in [7, 11) is 1.59. The van der Waals surface area contributed by atoms with E-state index in [1.165, 1.54) is 6.08 Å². The minimum atomic E-state index is -0.537. The van der Waals surface area contributed by atoms with Crippen LogP contribution in [0.4, 0.5) is 0 Å². The van der Waals surface area contributed by atoms with Crippen LogP contribution in [0.1, 0.15) is 38.2 Å². The Hall–Kier alpha value is -2.30. The second kappa shape index (κ2) is 9.11. The number of rotatable bonds is 6. The topological polar surface area (TPSA) is 64.6 Å². The molecule has 1 N–H and O–H groups in total. The fourth-order valence-electron chi connectivity index (χ4n) is 2.77. The van der Waals surface area contributed by atoms with Gasteiger partial charge in [-0.25, -0.2) is 4.79 Å². The highest BCUT2D eigenvalue weighted by Crippen LogP contribution is 2.23. The predicted octanol–water partition coefficient (Wildman–Crippen LogP) is 2.95. The quantitative estimate of drug-likeness (QED) is 0.643. The average Bonchev–Trinajstić information content (AvgIpc) is 2.60. The summed E-state index contributed by atoms with van der Waals surface area (Å²) in [5, 5.41) is 2.93. The fourth-order valence-corrected chi connectivity index (χ4v) is 2.77. The second-order valence-electron chi connectivity index (χ2n) is 6.24. The van der Waals surface area contributed by atoms with Crippen molar-refractivity contribution in [2.45, 2.75) is 38.6 Å². The standard InChI is InChI=1S/C19H25NO4/c1-14-6-9-16(10-7-14)20-18(21)13-24-19(22)11-8-15-4-3-5-17(12-15)23-2/h3-5,8,11-12,14,16H,6-7,9-10,13H2,1-2H3,(H,20,21)/b11-8+. The monoisotopic (exact) mass is 331 g/mol. The van der Waals surface area contributed by atoms with Crippen molar-refractivity contribution in [3.63, 3.8) is 0 Å². The smallest absolute Gasteiger partial charge is 0.331 e. The van der Waals surface area contributed by atoms with Crippen LogP contribution in [0.5, 0.6) is 5.75 Å². The summed E-state index contributed by atoms with van der Waals surface area (Å²) in [5.74, 6) is 0.673. The second-order valence-corrected chi connectivity index (χ2v) is 6.24. The molecule has 0 aliphatic heterocycles. The van der Waals surface area contributed by atoms with Crippen molar-refractivity contribution >= 4 is 18.0 Å². The summed E-state index contributed by atoms with van der Waals surface area (Å²) in [6, 6.07) is 7.53. The van der Waals surface area contributed by atoms with Crippen molar-refractivity contribution in [3.8, 4) is 5.75 Å². The summed E-state index contributed by atoms with van der Waals surface area (Å²) < 4.78 is 10.1. The molecule has 24 heavy (non-hydrogen) atoms. The van der Waals surface area contributed by atoms with Gasteiger partial charge in [0.05, 0.1) is 7.11 Å². The molecule has 0 spiro atoms. The Morgan fingerprint density at radius 1 is 1.25 bits per heavy atom. The molecule has 1 aromatic carbocycles. The first-order valence-corrected chi connectivity index (χ1v) is 8.35. The number of hydrogen-bond acceptors (Lipinski definition) is 4. The zero-order valence-corrected chi connectivity index (χ0v) is 14.3. The minimum absolute atomic E-state index is 0.208. The van der Waals surface area contributed by atoms with Crippen LogP contribution in [0.25, 0.3) is 6.08 Å². The van der Waals surface area contributed by atoms with Crippen LogP contribution in [-0.2, 0) is 14.3 Å². The summed E-state index contributed by atoms with van der Waals surface area (Å²) in [6.07, 6.45) is 7.20. The van der Waals surface area contributed by atoms with E-state index < -0.39 is 5.97 Å². The van der Waals surface area contributed by atoms with Crippen LogP contribution in [0.2, 0.25) is 0 Å². The van der Waals surface area contributed by atoms with Gasteiger partial charge in [0.1, 0.15) is 5.75 Å². The van der Waals surface area contributed by atoms with Crippen LogP contribution in [0.3, 0.4) is 0 Å². The molecule has 1 aliphatic rings. The molecule has 0 bridgehead atoms. The number of ether oxygens (including phenoxy) is 2. The van der Waals surface area contributed by atoms with Gasteiger partial charge in [0.25, 0.3) is 5.91 Å². The van der Waals surface area contributed by atoms with E-state index in [4.69, 9.17) is 9.47 Å². The number of carbonyl (C=O) groups excluding carboxylic acids is 2. The van der Waals surface area contributed by atoms with E-state index in [0.29, 0.717) is 5.75 Å². The Labute approximate surface area is 143 Å². The van der Waals surface area contributed by atoms with Gasteiger partial charge >= 0.3 is 5.97 Å². The molecule has 1 fully saturated rings. The van der Waals surface area contributed by atoms with Crippen molar-refractivity contribution < 1.29 is 19.1 Å². The molecular formula is C19H25NO4. The normalized spacial score (nSPS) is 20.6. The van der Waals surface area contributed by atoms with Crippen LogP contribution in [0, 0.1) is 5.92 Å². The molecule has 0 unspecified atom stereocenters. The highest BCUT2D eigenvalue weighted by atomic mass is 16.5. The van der Waals surface area contributed by atoms with E-state index in [1.54, 1.807) is 19.3 Å². The Morgan fingerprint density at radius 2 is 2.00 bits per heavy atom. The van der Waals surface area contributed by atoms with Gasteiger partial charge in [-0.3, -0.25) is 4.79 Å². The van der Waals surface area contributed by atoms with Crippen LogP contribution >= 0.6 is 0 Å². The van der Waals surface area contributed by atoms with E-state index in [0.717, 1.165) is 37.2 Å². The number of carbonyl (C=O) groups is 2. The highest BCUT2D eigenvalue weighted by molar-refractivity contribution is 5.89. The zero-order chi connectivity index (χ0) is 17.4. The molecular weight excluding hydrogens is 306 g/mol. The average molecular weight is 331 g/mol. The van der Waals surface area contributed by atoms with Gasteiger partial charge in [0, 0.05) is 12.1 Å². The van der Waals surface area contributed by atoms with E-state index in [9.17, 15) is 9.59 Å². The SMILES string of the molecule is COc1cccc(/C=C/C(=O)OCC(=O)NC2CCC(C)CC2)c1. The molecule has 0 radical (unpaired) electrons. The van der Waals surface area contributed by atoms with E-state index in [2.05, 4.69) is 12.2 Å². The van der Waals surface area contributed by atoms with E-state index >= 15 is 0 Å². The summed E-state index contributed by atoms with van der Waals surface area (Å²) in [6.45, 7) is 1.99.